The summed E-state index contributed by atoms with van der Waals surface area (Å²) in [7, 11) is 0. The largest absolute Gasteiger partial charge is 0.350 e. The van der Waals surface area contributed by atoms with Crippen LogP contribution in [0.1, 0.15) is 21.6 Å². The van der Waals surface area contributed by atoms with Crippen LogP contribution < -0.4 is 10.9 Å². The summed E-state index contributed by atoms with van der Waals surface area (Å²) in [5.41, 5.74) is 1.03. The topological polar surface area (TPSA) is 107 Å². The zero-order chi connectivity index (χ0) is 17.0. The Bertz CT molecular complexity index is 813. The van der Waals surface area contributed by atoms with E-state index in [0.29, 0.717) is 11.3 Å². The number of aromatic nitrogens is 2. The molecule has 23 heavy (non-hydrogen) atoms. The number of carbonyl (C=O) groups excluding carboxylic acids is 1. The number of nitrogens with one attached hydrogen (secondary N) is 1. The van der Waals surface area contributed by atoms with E-state index in [1.54, 1.807) is 19.9 Å². The van der Waals surface area contributed by atoms with Gasteiger partial charge in [-0.05, 0) is 26.0 Å². The third-order valence-corrected chi connectivity index (χ3v) is 3.28. The number of nitrogens with zero attached hydrogens (tertiary/aromatic N) is 3. The van der Waals surface area contributed by atoms with Gasteiger partial charge in [0.05, 0.1) is 17.2 Å². The minimum Gasteiger partial charge on any atom is -0.350 e. The van der Waals surface area contributed by atoms with Crippen LogP contribution >= 0.6 is 0 Å². The zero-order valence-electron chi connectivity index (χ0n) is 12.8. The van der Waals surface area contributed by atoms with E-state index in [-0.39, 0.29) is 29.9 Å². The molecule has 2 rings (SSSR count). The maximum Gasteiger partial charge on any atom is 0.273 e. The Morgan fingerprint density at radius 2 is 2.04 bits per heavy atom. The van der Waals surface area contributed by atoms with Crippen molar-refractivity contribution in [3.8, 4) is 0 Å². The van der Waals surface area contributed by atoms with Gasteiger partial charge in [0.2, 0.25) is 0 Å². The molecule has 0 saturated carbocycles. The lowest BCUT2D eigenvalue weighted by Crippen LogP contribution is -2.32. The Kier molecular flexibility index (Phi) is 4.85. The monoisotopic (exact) mass is 316 g/mol. The molecule has 1 heterocycles. The summed E-state index contributed by atoms with van der Waals surface area (Å²) in [6, 6.07) is 7.31. The summed E-state index contributed by atoms with van der Waals surface area (Å²) in [4.78, 5) is 34.0. The van der Waals surface area contributed by atoms with Crippen LogP contribution in [0.4, 0.5) is 5.69 Å². The van der Waals surface area contributed by atoms with Crippen LogP contribution in [0.5, 0.6) is 0 Å². The maximum absolute atomic E-state index is 12.0. The van der Waals surface area contributed by atoms with Crippen molar-refractivity contribution < 1.29 is 9.72 Å². The highest BCUT2D eigenvalue weighted by molar-refractivity contribution is 5.94. The number of nitro benzene ring substituents is 1. The normalized spacial score (nSPS) is 10.3. The lowest BCUT2D eigenvalue weighted by molar-refractivity contribution is -0.385. The molecule has 0 aliphatic heterocycles. The molecule has 0 saturated heterocycles. The second kappa shape index (κ2) is 6.82. The minimum absolute atomic E-state index is 0.103. The minimum atomic E-state index is -0.525. The summed E-state index contributed by atoms with van der Waals surface area (Å²) in [6.45, 7) is 3.78. The van der Waals surface area contributed by atoms with Crippen LogP contribution in [0, 0.1) is 24.0 Å². The van der Waals surface area contributed by atoms with Gasteiger partial charge in [-0.2, -0.15) is 5.10 Å². The van der Waals surface area contributed by atoms with E-state index in [0.717, 1.165) is 0 Å². The number of aryl methyl sites for hydroxylation is 2. The fraction of sp³-hybridized carbons (Fsp3) is 0.267. The molecule has 8 nitrogen and oxygen atoms in total. The molecule has 0 aliphatic rings. The average Bonchev–Trinajstić information content (AvgIpc) is 2.50. The molecule has 1 aromatic heterocycles. The fourth-order valence-corrected chi connectivity index (χ4v) is 2.04. The van der Waals surface area contributed by atoms with Gasteiger partial charge in [0.25, 0.3) is 17.2 Å². The number of hydrogen-bond donors (Lipinski definition) is 1. The van der Waals surface area contributed by atoms with E-state index in [2.05, 4.69) is 10.4 Å². The van der Waals surface area contributed by atoms with Crippen molar-refractivity contribution >= 4 is 11.6 Å². The van der Waals surface area contributed by atoms with Gasteiger partial charge in [0.15, 0.2) is 0 Å². The zero-order valence-corrected chi connectivity index (χ0v) is 12.8. The first kappa shape index (κ1) is 16.3. The van der Waals surface area contributed by atoms with Gasteiger partial charge in [-0.15, -0.1) is 0 Å². The van der Waals surface area contributed by atoms with Crippen LogP contribution in [0.25, 0.3) is 0 Å². The molecular weight excluding hydrogens is 300 g/mol. The quantitative estimate of drug-likeness (QED) is 0.659. The smallest absolute Gasteiger partial charge is 0.273 e. The standard InChI is InChI=1S/C15H16N4O4/c1-10-3-5-12(9-13(10)19(22)23)15(21)16-7-8-18-14(20)6-4-11(2)17-18/h3-6,9H,7-8H2,1-2H3,(H,16,21). The molecule has 120 valence electrons. The van der Waals surface area contributed by atoms with Crippen molar-refractivity contribution in [1.82, 2.24) is 15.1 Å². The van der Waals surface area contributed by atoms with Crippen molar-refractivity contribution in [2.24, 2.45) is 0 Å². The number of nitro groups is 1. The van der Waals surface area contributed by atoms with E-state index in [1.165, 1.54) is 28.9 Å². The average molecular weight is 316 g/mol. The van der Waals surface area contributed by atoms with Crippen molar-refractivity contribution in [2.45, 2.75) is 20.4 Å². The number of carbonyl (C=O) groups is 1. The first-order valence-corrected chi connectivity index (χ1v) is 6.96. The molecular formula is C15H16N4O4. The Morgan fingerprint density at radius 1 is 1.30 bits per heavy atom. The van der Waals surface area contributed by atoms with E-state index >= 15 is 0 Å². The molecule has 0 atom stereocenters. The number of benzene rings is 1. The predicted octanol–water partition coefficient (Wildman–Crippen LogP) is 1.20. The van der Waals surface area contributed by atoms with Crippen molar-refractivity contribution in [2.75, 3.05) is 6.54 Å². The lowest BCUT2D eigenvalue weighted by Gasteiger charge is -2.07. The van der Waals surface area contributed by atoms with E-state index in [1.807, 2.05) is 0 Å². The molecule has 0 radical (unpaired) electrons. The Balaban J connectivity index is 2.03. The number of rotatable bonds is 5. The fourth-order valence-electron chi connectivity index (χ4n) is 2.04. The van der Waals surface area contributed by atoms with Crippen molar-refractivity contribution in [1.29, 1.82) is 0 Å². The molecule has 2 aromatic rings. The second-order valence-corrected chi connectivity index (χ2v) is 5.05. The van der Waals surface area contributed by atoms with Gasteiger partial charge >= 0.3 is 0 Å². The highest BCUT2D eigenvalue weighted by Crippen LogP contribution is 2.19. The van der Waals surface area contributed by atoms with E-state index < -0.39 is 10.8 Å². The molecule has 0 bridgehead atoms. The van der Waals surface area contributed by atoms with Gasteiger partial charge in [0.1, 0.15) is 0 Å². The van der Waals surface area contributed by atoms with Crippen molar-refractivity contribution in [3.63, 3.8) is 0 Å². The SMILES string of the molecule is Cc1ccc(=O)n(CCNC(=O)c2ccc(C)c([N+](=O)[O-])c2)n1. The van der Waals surface area contributed by atoms with Crippen LogP contribution in [-0.4, -0.2) is 27.2 Å². The summed E-state index contributed by atoms with van der Waals surface area (Å²) in [6.07, 6.45) is 0. The third kappa shape index (κ3) is 4.00. The summed E-state index contributed by atoms with van der Waals surface area (Å²) < 4.78 is 1.26. The first-order valence-electron chi connectivity index (χ1n) is 6.96. The molecule has 0 spiro atoms. The van der Waals surface area contributed by atoms with Gasteiger partial charge in [0, 0.05) is 29.8 Å². The summed E-state index contributed by atoms with van der Waals surface area (Å²) in [5.74, 6) is -0.436. The van der Waals surface area contributed by atoms with Gasteiger partial charge in [-0.3, -0.25) is 19.7 Å². The molecule has 8 heteroatoms. The Hall–Kier alpha value is -3.03. The number of amides is 1. The van der Waals surface area contributed by atoms with Crippen LogP contribution in [0.15, 0.2) is 35.1 Å². The molecule has 0 unspecified atom stereocenters. The molecule has 0 aliphatic carbocycles. The van der Waals surface area contributed by atoms with Crippen LogP contribution in [0.2, 0.25) is 0 Å². The third-order valence-electron chi connectivity index (χ3n) is 3.28. The van der Waals surface area contributed by atoms with E-state index in [4.69, 9.17) is 0 Å². The molecule has 1 amide bonds. The highest BCUT2D eigenvalue weighted by Gasteiger charge is 2.14. The second-order valence-electron chi connectivity index (χ2n) is 5.05. The summed E-state index contributed by atoms with van der Waals surface area (Å²) >= 11 is 0. The predicted molar refractivity (Wildman–Crippen MR) is 83.4 cm³/mol. The molecule has 0 fully saturated rings. The van der Waals surface area contributed by atoms with Crippen LogP contribution in [-0.2, 0) is 6.54 Å². The van der Waals surface area contributed by atoms with Crippen LogP contribution in [0.3, 0.4) is 0 Å². The van der Waals surface area contributed by atoms with Gasteiger partial charge in [-0.1, -0.05) is 6.07 Å². The Morgan fingerprint density at radius 3 is 2.74 bits per heavy atom. The Labute approximate surface area is 131 Å². The lowest BCUT2D eigenvalue weighted by atomic mass is 10.1. The van der Waals surface area contributed by atoms with Gasteiger partial charge in [-0.25, -0.2) is 4.68 Å². The summed E-state index contributed by atoms with van der Waals surface area (Å²) in [5, 5.41) is 17.6. The number of hydrogen-bond acceptors (Lipinski definition) is 5. The van der Waals surface area contributed by atoms with Crippen molar-refractivity contribution in [3.05, 3.63) is 67.6 Å². The molecule has 1 aromatic carbocycles. The van der Waals surface area contributed by atoms with E-state index in [9.17, 15) is 19.7 Å². The maximum atomic E-state index is 12.0. The first-order chi connectivity index (χ1) is 10.9. The van der Waals surface area contributed by atoms with Gasteiger partial charge < -0.3 is 5.32 Å². The highest BCUT2D eigenvalue weighted by atomic mass is 16.6. The molecule has 1 N–H and O–H groups in total.